The number of benzene rings is 2. The third-order valence-corrected chi connectivity index (χ3v) is 4.14. The third-order valence-electron chi connectivity index (χ3n) is 2.69. The van der Waals surface area contributed by atoms with Gasteiger partial charge in [-0.15, -0.1) is 0 Å². The standard InChI is InChI=1S/C13H8BrN3O2S/c14-8-5-6-9(11(7-8)17(18)19)15-13-16-10-3-1-2-4-12(10)20-13/h1-7H,(H,15,16). The Morgan fingerprint density at radius 1 is 1.25 bits per heavy atom. The second kappa shape index (κ2) is 5.18. The first kappa shape index (κ1) is 13.0. The van der Waals surface area contributed by atoms with Crippen molar-refractivity contribution in [1.82, 2.24) is 4.98 Å². The van der Waals surface area contributed by atoms with E-state index in [1.807, 2.05) is 24.3 Å². The van der Waals surface area contributed by atoms with Crippen LogP contribution >= 0.6 is 27.3 Å². The van der Waals surface area contributed by atoms with E-state index in [1.165, 1.54) is 17.4 Å². The SMILES string of the molecule is O=[N+]([O-])c1cc(Br)ccc1Nc1nc2ccccc2s1. The summed E-state index contributed by atoms with van der Waals surface area (Å²) in [6.07, 6.45) is 0. The number of halogens is 1. The smallest absolute Gasteiger partial charge is 0.293 e. The molecule has 0 saturated heterocycles. The lowest BCUT2D eigenvalue weighted by Gasteiger charge is -2.03. The first-order valence-corrected chi connectivity index (χ1v) is 7.31. The number of hydrogen-bond donors (Lipinski definition) is 1. The number of nitrogens with zero attached hydrogens (tertiary/aromatic N) is 2. The van der Waals surface area contributed by atoms with Crippen molar-refractivity contribution < 1.29 is 4.92 Å². The van der Waals surface area contributed by atoms with Gasteiger partial charge in [0.2, 0.25) is 0 Å². The van der Waals surface area contributed by atoms with Gasteiger partial charge in [-0.25, -0.2) is 4.98 Å². The molecule has 7 heteroatoms. The van der Waals surface area contributed by atoms with Gasteiger partial charge >= 0.3 is 0 Å². The van der Waals surface area contributed by atoms with Crippen molar-refractivity contribution in [3.05, 3.63) is 57.1 Å². The zero-order valence-electron chi connectivity index (χ0n) is 10.0. The molecule has 3 aromatic rings. The van der Waals surface area contributed by atoms with Crippen molar-refractivity contribution in [3.8, 4) is 0 Å². The Bertz CT molecular complexity index is 770. The molecule has 0 aliphatic heterocycles. The minimum absolute atomic E-state index is 0.0126. The average Bonchev–Trinajstić information content (AvgIpc) is 2.82. The number of rotatable bonds is 3. The number of aromatic nitrogens is 1. The van der Waals surface area contributed by atoms with Crippen molar-refractivity contribution in [2.75, 3.05) is 5.32 Å². The predicted molar refractivity (Wildman–Crippen MR) is 83.7 cm³/mol. The zero-order valence-corrected chi connectivity index (χ0v) is 12.4. The highest BCUT2D eigenvalue weighted by atomic mass is 79.9. The van der Waals surface area contributed by atoms with E-state index in [0.29, 0.717) is 15.3 Å². The van der Waals surface area contributed by atoms with Crippen molar-refractivity contribution in [3.63, 3.8) is 0 Å². The number of nitro benzene ring substituents is 1. The van der Waals surface area contributed by atoms with Crippen molar-refractivity contribution in [2.24, 2.45) is 0 Å². The predicted octanol–water partition coefficient (Wildman–Crippen LogP) is 4.71. The fourth-order valence-electron chi connectivity index (χ4n) is 1.80. The summed E-state index contributed by atoms with van der Waals surface area (Å²) in [5.41, 5.74) is 1.32. The van der Waals surface area contributed by atoms with Crippen molar-refractivity contribution in [2.45, 2.75) is 0 Å². The van der Waals surface area contributed by atoms with E-state index in [0.717, 1.165) is 10.2 Å². The van der Waals surface area contributed by atoms with Gasteiger partial charge in [0.25, 0.3) is 5.69 Å². The fraction of sp³-hybridized carbons (Fsp3) is 0. The Labute approximate surface area is 126 Å². The molecule has 5 nitrogen and oxygen atoms in total. The molecule has 0 radical (unpaired) electrons. The highest BCUT2D eigenvalue weighted by Crippen LogP contribution is 2.33. The van der Waals surface area contributed by atoms with Crippen LogP contribution in [0.4, 0.5) is 16.5 Å². The van der Waals surface area contributed by atoms with E-state index in [2.05, 4.69) is 26.2 Å². The summed E-state index contributed by atoms with van der Waals surface area (Å²) in [5, 5.41) is 14.7. The van der Waals surface area contributed by atoms with Gasteiger partial charge in [0.05, 0.1) is 15.1 Å². The summed E-state index contributed by atoms with van der Waals surface area (Å²) in [5.74, 6) is 0. The average molecular weight is 350 g/mol. The summed E-state index contributed by atoms with van der Waals surface area (Å²) in [7, 11) is 0. The molecule has 20 heavy (non-hydrogen) atoms. The Hall–Kier alpha value is -1.99. The van der Waals surface area contributed by atoms with Gasteiger partial charge in [-0.3, -0.25) is 10.1 Å². The van der Waals surface area contributed by atoms with Gasteiger partial charge < -0.3 is 5.32 Å². The molecule has 1 heterocycles. The molecule has 0 bridgehead atoms. The van der Waals surface area contributed by atoms with Gasteiger partial charge in [-0.05, 0) is 24.3 Å². The van der Waals surface area contributed by atoms with E-state index in [4.69, 9.17) is 0 Å². The lowest BCUT2D eigenvalue weighted by Crippen LogP contribution is -1.96. The van der Waals surface area contributed by atoms with E-state index >= 15 is 0 Å². The van der Waals surface area contributed by atoms with E-state index < -0.39 is 4.92 Å². The lowest BCUT2D eigenvalue weighted by atomic mass is 10.3. The number of fused-ring (bicyclic) bond motifs is 1. The molecule has 0 saturated carbocycles. The van der Waals surface area contributed by atoms with Crippen LogP contribution in [0.5, 0.6) is 0 Å². The second-order valence-electron chi connectivity index (χ2n) is 4.03. The zero-order chi connectivity index (χ0) is 14.1. The maximum absolute atomic E-state index is 11.1. The second-order valence-corrected chi connectivity index (χ2v) is 5.98. The number of anilines is 2. The van der Waals surface area contributed by atoms with Crippen LogP contribution in [0.1, 0.15) is 0 Å². The monoisotopic (exact) mass is 349 g/mol. The molecule has 0 amide bonds. The van der Waals surface area contributed by atoms with Crippen LogP contribution in [-0.4, -0.2) is 9.91 Å². The van der Waals surface area contributed by atoms with Crippen LogP contribution in [0.3, 0.4) is 0 Å². The van der Waals surface area contributed by atoms with Gasteiger partial charge in [0, 0.05) is 10.5 Å². The molecule has 100 valence electrons. The number of para-hydroxylation sites is 1. The van der Waals surface area contributed by atoms with Crippen LogP contribution < -0.4 is 5.32 Å². The number of hydrogen-bond acceptors (Lipinski definition) is 5. The summed E-state index contributed by atoms with van der Waals surface area (Å²) in [4.78, 5) is 15.1. The molecule has 1 N–H and O–H groups in total. The quantitative estimate of drug-likeness (QED) is 0.549. The number of thiazole rings is 1. The van der Waals surface area contributed by atoms with Gasteiger partial charge in [0.15, 0.2) is 5.13 Å². The maximum atomic E-state index is 11.1. The molecule has 0 atom stereocenters. The van der Waals surface area contributed by atoms with Gasteiger partial charge in [0.1, 0.15) is 5.69 Å². The topological polar surface area (TPSA) is 68.1 Å². The fourth-order valence-corrected chi connectivity index (χ4v) is 3.03. The van der Waals surface area contributed by atoms with Crippen LogP contribution in [0, 0.1) is 10.1 Å². The molecule has 0 aliphatic carbocycles. The molecule has 0 aliphatic rings. The normalized spacial score (nSPS) is 10.7. The Kier molecular flexibility index (Phi) is 3.37. The molecule has 0 spiro atoms. The molecule has 0 fully saturated rings. The molecular formula is C13H8BrN3O2S. The van der Waals surface area contributed by atoms with Crippen molar-refractivity contribution in [1.29, 1.82) is 0 Å². The summed E-state index contributed by atoms with van der Waals surface area (Å²) < 4.78 is 1.70. The Morgan fingerprint density at radius 3 is 2.80 bits per heavy atom. The first-order chi connectivity index (χ1) is 9.63. The highest BCUT2D eigenvalue weighted by Gasteiger charge is 2.15. The van der Waals surface area contributed by atoms with Gasteiger partial charge in [-0.1, -0.05) is 39.4 Å². The lowest BCUT2D eigenvalue weighted by molar-refractivity contribution is -0.384. The maximum Gasteiger partial charge on any atom is 0.293 e. The van der Waals surface area contributed by atoms with E-state index in [-0.39, 0.29) is 5.69 Å². The molecule has 3 rings (SSSR count). The third kappa shape index (κ3) is 2.50. The highest BCUT2D eigenvalue weighted by molar-refractivity contribution is 9.10. The van der Waals surface area contributed by atoms with Gasteiger partial charge in [-0.2, -0.15) is 0 Å². The van der Waals surface area contributed by atoms with E-state index in [9.17, 15) is 10.1 Å². The summed E-state index contributed by atoms with van der Waals surface area (Å²) >= 11 is 4.69. The van der Waals surface area contributed by atoms with Crippen LogP contribution in [0.15, 0.2) is 46.9 Å². The Morgan fingerprint density at radius 2 is 2.05 bits per heavy atom. The summed E-state index contributed by atoms with van der Waals surface area (Å²) in [6.45, 7) is 0. The summed E-state index contributed by atoms with van der Waals surface area (Å²) in [6, 6.07) is 12.6. The molecular weight excluding hydrogens is 342 g/mol. The van der Waals surface area contributed by atoms with E-state index in [1.54, 1.807) is 12.1 Å². The minimum atomic E-state index is -0.416. The molecule has 0 unspecified atom stereocenters. The molecule has 1 aromatic heterocycles. The Balaban J connectivity index is 2.00. The van der Waals surface area contributed by atoms with Crippen molar-refractivity contribution >= 4 is 54.0 Å². The van der Waals surface area contributed by atoms with Crippen LogP contribution in [0.2, 0.25) is 0 Å². The van der Waals surface area contributed by atoms with Crippen LogP contribution in [0.25, 0.3) is 10.2 Å². The number of nitrogens with one attached hydrogen (secondary N) is 1. The largest absolute Gasteiger partial charge is 0.326 e. The van der Waals surface area contributed by atoms with Crippen LogP contribution in [-0.2, 0) is 0 Å². The molecule has 2 aromatic carbocycles. The minimum Gasteiger partial charge on any atom is -0.326 e. The number of nitro groups is 1. The first-order valence-electron chi connectivity index (χ1n) is 5.70.